The van der Waals surface area contributed by atoms with Crippen LogP contribution in [0.15, 0.2) is 24.3 Å². The number of hydrogen-bond acceptors (Lipinski definition) is 4. The number of amides is 1. The van der Waals surface area contributed by atoms with Gasteiger partial charge >= 0.3 is 53.7 Å². The second-order valence-corrected chi connectivity index (χ2v) is 10.1. The molecule has 0 atom stereocenters. The van der Waals surface area contributed by atoms with Crippen molar-refractivity contribution in [2.24, 2.45) is 0 Å². The third-order valence-electron chi connectivity index (χ3n) is 5.47. The molecule has 0 fully saturated rings. The fraction of sp³-hybridized carbons (Fsp3) is 0.652. The highest BCUT2D eigenvalue weighted by molar-refractivity contribution is 5.86. The van der Waals surface area contributed by atoms with E-state index in [-0.39, 0.29) is 16.3 Å². The van der Waals surface area contributed by atoms with Crippen LogP contribution >= 0.6 is 0 Å². The van der Waals surface area contributed by atoms with Gasteiger partial charge in [0.1, 0.15) is 11.9 Å². The maximum Gasteiger partial charge on any atom is 0.460 e. The number of halogens is 17. The maximum atomic E-state index is 14.1. The zero-order valence-corrected chi connectivity index (χ0v) is 22.5. The summed E-state index contributed by atoms with van der Waals surface area (Å²) in [6.07, 6.45) is -13.3. The lowest BCUT2D eigenvalue weighted by Gasteiger charge is -2.42. The molecule has 1 amide bonds. The quantitative estimate of drug-likeness (QED) is 0.0895. The van der Waals surface area contributed by atoms with Crippen LogP contribution in [0.4, 0.5) is 85.1 Å². The Labute approximate surface area is 241 Å². The van der Waals surface area contributed by atoms with Crippen molar-refractivity contribution in [2.45, 2.75) is 86.8 Å². The molecule has 260 valence electrons. The highest BCUT2D eigenvalue weighted by atomic mass is 19.4. The molecule has 0 saturated heterocycles. The third-order valence-corrected chi connectivity index (χ3v) is 5.47. The van der Waals surface area contributed by atoms with Crippen LogP contribution in [0.1, 0.15) is 44.0 Å². The normalized spacial score (nSPS) is 14.8. The van der Waals surface area contributed by atoms with Crippen molar-refractivity contribution >= 4 is 18.1 Å². The molecular formula is C23H20F17NO4. The zero-order valence-electron chi connectivity index (χ0n) is 22.5. The van der Waals surface area contributed by atoms with Crippen molar-refractivity contribution in [3.8, 4) is 0 Å². The molecule has 0 aliphatic rings. The molecule has 0 radical (unpaired) electrons. The SMILES string of the molecule is CC(C)(C)OC(=O)N(OCCCC(F)(F)C(F)(F)C(F)(F)C(F)(F)C(F)(F)C(F)(F)C(F)(F)C(F)(F)F)c1ccc(C=O)cc1. The monoisotopic (exact) mass is 697 g/mol. The molecule has 0 aliphatic carbocycles. The molecule has 0 unspecified atom stereocenters. The van der Waals surface area contributed by atoms with Crippen LogP contribution in [0.2, 0.25) is 0 Å². The second-order valence-electron chi connectivity index (χ2n) is 10.1. The molecule has 0 aliphatic heterocycles. The molecular weight excluding hydrogens is 677 g/mol. The Morgan fingerprint density at radius 1 is 0.667 bits per heavy atom. The van der Waals surface area contributed by atoms with Crippen molar-refractivity contribution in [3.63, 3.8) is 0 Å². The fourth-order valence-corrected chi connectivity index (χ4v) is 3.03. The van der Waals surface area contributed by atoms with E-state index in [0.717, 1.165) is 24.3 Å². The minimum Gasteiger partial charge on any atom is -0.442 e. The number of nitrogens with zero attached hydrogens (tertiary/aromatic N) is 1. The Morgan fingerprint density at radius 2 is 1.07 bits per heavy atom. The van der Waals surface area contributed by atoms with Gasteiger partial charge in [0.05, 0.1) is 12.3 Å². The Hall–Kier alpha value is -3.07. The average molecular weight is 697 g/mol. The van der Waals surface area contributed by atoms with Gasteiger partial charge in [-0.05, 0) is 51.5 Å². The molecule has 45 heavy (non-hydrogen) atoms. The predicted molar refractivity (Wildman–Crippen MR) is 116 cm³/mol. The van der Waals surface area contributed by atoms with Crippen LogP contribution in [0.3, 0.4) is 0 Å². The molecule has 5 nitrogen and oxygen atoms in total. The van der Waals surface area contributed by atoms with E-state index in [1.54, 1.807) is 0 Å². The summed E-state index contributed by atoms with van der Waals surface area (Å²) in [4.78, 5) is 28.0. The first-order chi connectivity index (χ1) is 19.8. The second kappa shape index (κ2) is 12.3. The van der Waals surface area contributed by atoms with E-state index >= 15 is 0 Å². The summed E-state index contributed by atoms with van der Waals surface area (Å²) in [5.41, 5.74) is -1.57. The topological polar surface area (TPSA) is 55.8 Å². The van der Waals surface area contributed by atoms with Crippen molar-refractivity contribution in [1.82, 2.24) is 0 Å². The molecule has 1 aromatic rings. The van der Waals surface area contributed by atoms with Gasteiger partial charge in [0.2, 0.25) is 0 Å². The van der Waals surface area contributed by atoms with Crippen molar-refractivity contribution < 1.29 is 93.8 Å². The summed E-state index contributed by atoms with van der Waals surface area (Å²) in [6.45, 7) is 2.58. The van der Waals surface area contributed by atoms with Gasteiger partial charge in [-0.1, -0.05) is 0 Å². The number of hydrogen-bond donors (Lipinski definition) is 0. The average Bonchev–Trinajstić information content (AvgIpc) is 2.86. The molecule has 22 heteroatoms. The van der Waals surface area contributed by atoms with Crippen LogP contribution in [0.25, 0.3) is 0 Å². The van der Waals surface area contributed by atoms with Gasteiger partial charge in [0, 0.05) is 12.0 Å². The zero-order chi connectivity index (χ0) is 35.9. The Morgan fingerprint density at radius 3 is 1.44 bits per heavy atom. The molecule has 0 bridgehead atoms. The molecule has 0 spiro atoms. The fourth-order valence-electron chi connectivity index (χ4n) is 3.03. The van der Waals surface area contributed by atoms with Crippen molar-refractivity contribution in [2.75, 3.05) is 11.7 Å². The predicted octanol–water partition coefficient (Wildman–Crippen LogP) is 8.96. The number of ether oxygens (including phenoxy) is 1. The van der Waals surface area contributed by atoms with Crippen LogP contribution in [-0.2, 0) is 9.57 Å². The first kappa shape index (κ1) is 40.0. The van der Waals surface area contributed by atoms with Crippen LogP contribution in [-0.4, -0.2) is 72.2 Å². The number of alkyl halides is 17. The number of benzene rings is 1. The number of rotatable bonds is 13. The van der Waals surface area contributed by atoms with E-state index < -0.39 is 78.8 Å². The minimum atomic E-state index is -8.71. The number of anilines is 1. The standard InChI is InChI=1S/C23H20F17NO4/c1-15(2,3)45-14(43)41(13-7-5-12(11-42)6-8-13)44-10-4-9-16(24,25)17(26,27)18(28,29)19(30,31)20(32,33)21(34,35)22(36,37)23(38,39)40/h5-8,11H,4,9-10H2,1-3H3. The summed E-state index contributed by atoms with van der Waals surface area (Å²) in [7, 11) is 0. The number of carbonyl (C=O) groups is 2. The summed E-state index contributed by atoms with van der Waals surface area (Å²) in [5.74, 6) is -57.0. The van der Waals surface area contributed by atoms with Crippen molar-refractivity contribution in [3.05, 3.63) is 29.8 Å². The number of hydroxylamine groups is 1. The highest BCUT2D eigenvalue weighted by Gasteiger charge is 2.95. The summed E-state index contributed by atoms with van der Waals surface area (Å²) < 4.78 is 233. The molecule has 0 aromatic heterocycles. The Bertz CT molecular complexity index is 1190. The molecule has 0 N–H and O–H groups in total. The van der Waals surface area contributed by atoms with Crippen molar-refractivity contribution in [1.29, 1.82) is 0 Å². The summed E-state index contributed by atoms with van der Waals surface area (Å²) in [5, 5.41) is 0.169. The van der Waals surface area contributed by atoms with Crippen LogP contribution in [0, 0.1) is 0 Å². The van der Waals surface area contributed by atoms with Gasteiger partial charge in [-0.25, -0.2) is 4.79 Å². The molecule has 0 heterocycles. The van der Waals surface area contributed by atoms with Gasteiger partial charge in [-0.3, -0.25) is 9.63 Å². The van der Waals surface area contributed by atoms with E-state index in [0.29, 0.717) is 6.29 Å². The van der Waals surface area contributed by atoms with Gasteiger partial charge in [0.25, 0.3) is 0 Å². The van der Waals surface area contributed by atoms with Crippen LogP contribution < -0.4 is 5.06 Å². The van der Waals surface area contributed by atoms with E-state index in [1.165, 1.54) is 20.8 Å². The minimum absolute atomic E-state index is 0.0213. The number of aldehydes is 1. The van der Waals surface area contributed by atoms with E-state index in [2.05, 4.69) is 0 Å². The molecule has 1 rings (SSSR count). The van der Waals surface area contributed by atoms with E-state index in [4.69, 9.17) is 9.57 Å². The highest BCUT2D eigenvalue weighted by Crippen LogP contribution is 2.64. The smallest absolute Gasteiger partial charge is 0.442 e. The molecule has 1 aromatic carbocycles. The summed E-state index contributed by atoms with van der Waals surface area (Å²) in [6, 6.07) is 4.14. The van der Waals surface area contributed by atoms with E-state index in [9.17, 15) is 84.2 Å². The lowest BCUT2D eigenvalue weighted by atomic mass is 9.88. The molecule has 0 saturated carbocycles. The lowest BCUT2D eigenvalue weighted by molar-refractivity contribution is -0.461. The third kappa shape index (κ3) is 7.18. The van der Waals surface area contributed by atoms with Gasteiger partial charge < -0.3 is 4.74 Å². The Balaban J connectivity index is 3.29. The maximum absolute atomic E-state index is 14.1. The first-order valence-electron chi connectivity index (χ1n) is 11.7. The largest absolute Gasteiger partial charge is 0.460 e. The first-order valence-corrected chi connectivity index (χ1v) is 11.7. The van der Waals surface area contributed by atoms with Gasteiger partial charge in [0.15, 0.2) is 0 Å². The van der Waals surface area contributed by atoms with Crippen LogP contribution in [0.5, 0.6) is 0 Å². The Kier molecular flexibility index (Phi) is 10.9. The van der Waals surface area contributed by atoms with Gasteiger partial charge in [-0.15, -0.1) is 0 Å². The lowest BCUT2D eigenvalue weighted by Crippen LogP contribution is -2.74. The number of carbonyl (C=O) groups excluding carboxylic acids is 2. The van der Waals surface area contributed by atoms with E-state index in [1.807, 2.05) is 0 Å². The van der Waals surface area contributed by atoms with Gasteiger partial charge in [-0.2, -0.15) is 79.7 Å². The summed E-state index contributed by atoms with van der Waals surface area (Å²) >= 11 is 0.